The summed E-state index contributed by atoms with van der Waals surface area (Å²) in [6, 6.07) is 4.55. The van der Waals surface area contributed by atoms with Crippen molar-refractivity contribution in [2.24, 2.45) is 0 Å². The molecule has 5 nitrogen and oxygen atoms in total. The van der Waals surface area contributed by atoms with Crippen molar-refractivity contribution < 1.29 is 18.7 Å². The Bertz CT molecular complexity index is 627. The number of aromatic nitrogens is 2. The van der Waals surface area contributed by atoms with Crippen molar-refractivity contribution in [2.45, 2.75) is 18.9 Å². The third-order valence-corrected chi connectivity index (χ3v) is 3.05. The van der Waals surface area contributed by atoms with Crippen molar-refractivity contribution in [1.82, 2.24) is 15.5 Å². The van der Waals surface area contributed by atoms with Crippen LogP contribution >= 0.6 is 0 Å². The van der Waals surface area contributed by atoms with Crippen molar-refractivity contribution in [1.29, 1.82) is 0 Å². The lowest BCUT2D eigenvalue weighted by Crippen LogP contribution is -2.39. The minimum Gasteiger partial charge on any atom is -0.383 e. The summed E-state index contributed by atoms with van der Waals surface area (Å²) in [5.74, 6) is -1.93. The summed E-state index contributed by atoms with van der Waals surface area (Å²) < 4.78 is 26.5. The molecule has 1 aromatic heterocycles. The Kier molecular flexibility index (Phi) is 4.32. The molecule has 1 atom stereocenters. The standard InChI is InChI=1S/C14H15F2N3O2/c1-14(21,11-3-2-9(15)6-12(11)16)8-17-13(20)7-10-4-5-18-19-10/h2-6,21H,7-8H2,1H3,(H,17,20)(H,18,19). The van der Waals surface area contributed by atoms with Crippen LogP contribution in [0.15, 0.2) is 30.5 Å². The average Bonchev–Trinajstić information content (AvgIpc) is 2.89. The second-order valence-corrected chi connectivity index (χ2v) is 4.93. The van der Waals surface area contributed by atoms with Gasteiger partial charge in [0.15, 0.2) is 0 Å². The van der Waals surface area contributed by atoms with Crippen molar-refractivity contribution in [3.63, 3.8) is 0 Å². The Hall–Kier alpha value is -2.28. The molecule has 21 heavy (non-hydrogen) atoms. The summed E-state index contributed by atoms with van der Waals surface area (Å²) in [7, 11) is 0. The zero-order valence-electron chi connectivity index (χ0n) is 11.4. The highest BCUT2D eigenvalue weighted by Crippen LogP contribution is 2.23. The van der Waals surface area contributed by atoms with Gasteiger partial charge in [-0.1, -0.05) is 6.07 Å². The van der Waals surface area contributed by atoms with Gasteiger partial charge in [-0.25, -0.2) is 8.78 Å². The molecule has 0 saturated heterocycles. The molecule has 0 aliphatic carbocycles. The molecule has 0 aliphatic rings. The molecule has 1 aromatic carbocycles. The van der Waals surface area contributed by atoms with E-state index >= 15 is 0 Å². The number of nitrogens with one attached hydrogen (secondary N) is 2. The number of benzene rings is 1. The molecule has 0 spiro atoms. The number of halogens is 2. The molecule has 0 saturated carbocycles. The van der Waals surface area contributed by atoms with Crippen LogP contribution in [-0.2, 0) is 16.8 Å². The second kappa shape index (κ2) is 6.01. The van der Waals surface area contributed by atoms with Crippen LogP contribution in [0.5, 0.6) is 0 Å². The van der Waals surface area contributed by atoms with E-state index in [0.29, 0.717) is 11.8 Å². The van der Waals surface area contributed by atoms with Crippen LogP contribution in [0.2, 0.25) is 0 Å². The molecule has 3 N–H and O–H groups in total. The van der Waals surface area contributed by atoms with Crippen molar-refractivity contribution >= 4 is 5.91 Å². The summed E-state index contributed by atoms with van der Waals surface area (Å²) in [5, 5.41) is 19.1. The maximum absolute atomic E-state index is 13.6. The number of rotatable bonds is 5. The lowest BCUT2D eigenvalue weighted by atomic mass is 9.95. The zero-order valence-corrected chi connectivity index (χ0v) is 11.4. The Balaban J connectivity index is 1.98. The molecular formula is C14H15F2N3O2. The highest BCUT2D eigenvalue weighted by Gasteiger charge is 2.27. The average molecular weight is 295 g/mol. The van der Waals surface area contributed by atoms with Gasteiger partial charge in [0.05, 0.1) is 13.0 Å². The summed E-state index contributed by atoms with van der Waals surface area (Å²) >= 11 is 0. The number of carbonyl (C=O) groups is 1. The number of hydrogen-bond acceptors (Lipinski definition) is 3. The van der Waals surface area contributed by atoms with Gasteiger partial charge in [-0.05, 0) is 19.1 Å². The van der Waals surface area contributed by atoms with Crippen LogP contribution in [0.25, 0.3) is 0 Å². The van der Waals surface area contributed by atoms with Gasteiger partial charge >= 0.3 is 0 Å². The second-order valence-electron chi connectivity index (χ2n) is 4.93. The van der Waals surface area contributed by atoms with E-state index in [-0.39, 0.29) is 24.4 Å². The third kappa shape index (κ3) is 3.85. The van der Waals surface area contributed by atoms with Gasteiger partial charge in [0, 0.05) is 23.5 Å². The summed E-state index contributed by atoms with van der Waals surface area (Å²) in [5.41, 5.74) is -1.09. The van der Waals surface area contributed by atoms with Crippen LogP contribution in [0.4, 0.5) is 8.78 Å². The minimum absolute atomic E-state index is 0.0714. The maximum Gasteiger partial charge on any atom is 0.226 e. The quantitative estimate of drug-likeness (QED) is 0.777. The predicted octanol–water partition coefficient (Wildman–Crippen LogP) is 1.25. The van der Waals surface area contributed by atoms with Crippen molar-refractivity contribution in [2.75, 3.05) is 6.54 Å². The lowest BCUT2D eigenvalue weighted by molar-refractivity contribution is -0.121. The first kappa shape index (κ1) is 15.1. The summed E-state index contributed by atoms with van der Waals surface area (Å²) in [4.78, 5) is 11.7. The van der Waals surface area contributed by atoms with E-state index in [9.17, 15) is 18.7 Å². The molecular weight excluding hydrogens is 280 g/mol. The van der Waals surface area contributed by atoms with Gasteiger partial charge in [-0.3, -0.25) is 9.89 Å². The number of aromatic amines is 1. The van der Waals surface area contributed by atoms with Gasteiger partial charge in [0.1, 0.15) is 17.2 Å². The molecule has 1 amide bonds. The first-order valence-corrected chi connectivity index (χ1v) is 6.31. The number of carbonyl (C=O) groups excluding carboxylic acids is 1. The minimum atomic E-state index is -1.64. The fraction of sp³-hybridized carbons (Fsp3) is 0.286. The van der Waals surface area contributed by atoms with E-state index < -0.39 is 17.2 Å². The molecule has 1 heterocycles. The zero-order chi connectivity index (χ0) is 15.5. The van der Waals surface area contributed by atoms with Crippen molar-refractivity contribution in [3.05, 3.63) is 53.4 Å². The van der Waals surface area contributed by atoms with Crippen LogP contribution in [0.1, 0.15) is 18.2 Å². The highest BCUT2D eigenvalue weighted by molar-refractivity contribution is 5.78. The van der Waals surface area contributed by atoms with Gasteiger partial charge in [0.25, 0.3) is 0 Å². The number of amides is 1. The van der Waals surface area contributed by atoms with Gasteiger partial charge in [0.2, 0.25) is 5.91 Å². The maximum atomic E-state index is 13.6. The summed E-state index contributed by atoms with van der Waals surface area (Å²) in [6.45, 7) is 1.16. The first-order chi connectivity index (χ1) is 9.88. The van der Waals surface area contributed by atoms with Gasteiger partial charge in [-0.2, -0.15) is 5.10 Å². The number of H-pyrrole nitrogens is 1. The van der Waals surface area contributed by atoms with E-state index in [1.807, 2.05) is 0 Å². The van der Waals surface area contributed by atoms with Crippen LogP contribution in [0.3, 0.4) is 0 Å². The smallest absolute Gasteiger partial charge is 0.226 e. The molecule has 2 rings (SSSR count). The number of hydrogen-bond donors (Lipinski definition) is 3. The third-order valence-electron chi connectivity index (χ3n) is 3.05. The Labute approximate surface area is 120 Å². The normalized spacial score (nSPS) is 13.7. The molecule has 0 radical (unpaired) electrons. The highest BCUT2D eigenvalue weighted by atomic mass is 19.1. The molecule has 0 fully saturated rings. The van der Waals surface area contributed by atoms with Crippen molar-refractivity contribution in [3.8, 4) is 0 Å². The lowest BCUT2D eigenvalue weighted by Gasteiger charge is -2.24. The van der Waals surface area contributed by atoms with E-state index in [0.717, 1.165) is 12.1 Å². The van der Waals surface area contributed by atoms with E-state index in [2.05, 4.69) is 15.5 Å². The Morgan fingerprint density at radius 2 is 2.19 bits per heavy atom. The largest absolute Gasteiger partial charge is 0.383 e. The molecule has 1 unspecified atom stereocenters. The van der Waals surface area contributed by atoms with Crippen LogP contribution in [-0.4, -0.2) is 27.8 Å². The fourth-order valence-corrected chi connectivity index (χ4v) is 1.91. The SMILES string of the molecule is CC(O)(CNC(=O)Cc1ccn[nH]1)c1ccc(F)cc1F. The van der Waals surface area contributed by atoms with Crippen LogP contribution < -0.4 is 5.32 Å². The van der Waals surface area contributed by atoms with E-state index in [1.54, 1.807) is 6.07 Å². The molecule has 0 aliphatic heterocycles. The number of aliphatic hydroxyl groups is 1. The van der Waals surface area contributed by atoms with E-state index in [1.165, 1.54) is 13.1 Å². The monoisotopic (exact) mass is 295 g/mol. The van der Waals surface area contributed by atoms with E-state index in [4.69, 9.17) is 0 Å². The molecule has 0 bridgehead atoms. The first-order valence-electron chi connectivity index (χ1n) is 6.31. The van der Waals surface area contributed by atoms with Crippen LogP contribution in [0, 0.1) is 11.6 Å². The fourth-order valence-electron chi connectivity index (χ4n) is 1.91. The molecule has 112 valence electrons. The summed E-state index contributed by atoms with van der Waals surface area (Å²) in [6.07, 6.45) is 1.59. The van der Waals surface area contributed by atoms with Gasteiger partial charge in [-0.15, -0.1) is 0 Å². The molecule has 2 aromatic rings. The van der Waals surface area contributed by atoms with Gasteiger partial charge < -0.3 is 10.4 Å². The topological polar surface area (TPSA) is 78.0 Å². The Morgan fingerprint density at radius 3 is 2.81 bits per heavy atom. The molecule has 7 heteroatoms. The Morgan fingerprint density at radius 1 is 1.43 bits per heavy atom. The predicted molar refractivity (Wildman–Crippen MR) is 71.2 cm³/mol. The number of nitrogens with zero attached hydrogens (tertiary/aromatic N) is 1.